The van der Waals surface area contributed by atoms with Crippen LogP contribution in [0.2, 0.25) is 0 Å². The van der Waals surface area contributed by atoms with Gasteiger partial charge in [0.2, 0.25) is 0 Å². The minimum Gasteiger partial charge on any atom is -0.485 e. The molecule has 0 spiro atoms. The highest BCUT2D eigenvalue weighted by molar-refractivity contribution is 7.84. The zero-order chi connectivity index (χ0) is 18.7. The molecule has 0 bridgehead atoms. The molecule has 0 aliphatic carbocycles. The fourth-order valence-electron chi connectivity index (χ4n) is 1.59. The lowest BCUT2D eigenvalue weighted by Gasteiger charge is -2.22. The van der Waals surface area contributed by atoms with Crippen molar-refractivity contribution in [1.82, 2.24) is 9.71 Å². The first-order valence-electron chi connectivity index (χ1n) is 7.28. The maximum absolute atomic E-state index is 12.9. The largest absolute Gasteiger partial charge is 0.485 e. The molecule has 4 nitrogen and oxygen atoms in total. The molecule has 0 fully saturated rings. The minimum atomic E-state index is -4.22. The lowest BCUT2D eigenvalue weighted by atomic mass is 10.1. The van der Waals surface area contributed by atoms with Crippen molar-refractivity contribution in [3.63, 3.8) is 0 Å². The quantitative estimate of drug-likeness (QED) is 0.743. The van der Waals surface area contributed by atoms with Crippen LogP contribution in [0, 0.1) is 6.92 Å². The van der Waals surface area contributed by atoms with Crippen molar-refractivity contribution < 1.29 is 26.5 Å². The summed E-state index contributed by atoms with van der Waals surface area (Å²) in [6.07, 6.45) is -2.59. The van der Waals surface area contributed by atoms with Crippen LogP contribution < -0.4 is 9.46 Å². The summed E-state index contributed by atoms with van der Waals surface area (Å²) < 4.78 is 69.3. The Labute approximate surface area is 141 Å². The number of aromatic nitrogens is 1. The van der Waals surface area contributed by atoms with E-state index in [0.29, 0.717) is 11.3 Å². The van der Waals surface area contributed by atoms with Gasteiger partial charge in [-0.2, -0.15) is 8.78 Å². The van der Waals surface area contributed by atoms with Crippen LogP contribution in [-0.2, 0) is 11.0 Å². The van der Waals surface area contributed by atoms with E-state index < -0.39 is 34.7 Å². The molecule has 9 heteroatoms. The average Bonchev–Trinajstić information content (AvgIpc) is 2.44. The molecule has 1 N–H and O–H groups in total. The molecule has 0 aliphatic rings. The first-order valence-corrected chi connectivity index (χ1v) is 8.43. The molecule has 1 aromatic rings. The summed E-state index contributed by atoms with van der Waals surface area (Å²) in [5.41, 5.74) is 1.01. The van der Waals surface area contributed by atoms with Gasteiger partial charge in [0.15, 0.2) is 6.61 Å². The van der Waals surface area contributed by atoms with Crippen molar-refractivity contribution in [3.05, 3.63) is 23.5 Å². The van der Waals surface area contributed by atoms with Crippen LogP contribution in [-0.4, -0.2) is 32.9 Å². The Hall–Kier alpha value is -1.22. The van der Waals surface area contributed by atoms with E-state index in [9.17, 15) is 21.8 Å². The molecular weight excluding hydrogens is 348 g/mol. The number of aryl methyl sites for hydroxylation is 1. The van der Waals surface area contributed by atoms with Gasteiger partial charge in [-0.05, 0) is 46.2 Å². The fourth-order valence-corrected chi connectivity index (χ4v) is 2.38. The third-order valence-electron chi connectivity index (χ3n) is 3.11. The van der Waals surface area contributed by atoms with Crippen molar-refractivity contribution in [2.45, 2.75) is 57.8 Å². The molecule has 0 saturated heterocycles. The molecule has 0 aromatic carbocycles. The average molecular weight is 370 g/mol. The lowest BCUT2D eigenvalue weighted by Crippen LogP contribution is -2.35. The maximum atomic E-state index is 12.9. The third kappa shape index (κ3) is 5.70. The van der Waals surface area contributed by atoms with Gasteiger partial charge in [0, 0.05) is 0 Å². The number of nitrogens with zero attached hydrogens (tertiary/aromatic N) is 1. The molecule has 1 aromatic heterocycles. The first kappa shape index (κ1) is 20.8. The first-order chi connectivity index (χ1) is 10.8. The molecule has 0 amide bonds. The summed E-state index contributed by atoms with van der Waals surface area (Å²) in [5.74, 6) is -4.22. The van der Waals surface area contributed by atoms with Crippen LogP contribution in [0.1, 0.15) is 45.0 Å². The zero-order valence-corrected chi connectivity index (χ0v) is 15.0. The number of hydrogen-bond acceptors (Lipinski definition) is 3. The molecule has 24 heavy (non-hydrogen) atoms. The second-order valence-electron chi connectivity index (χ2n) is 6.45. The number of hydrogen-bond donors (Lipinski definition) is 1. The molecule has 1 heterocycles. The topological polar surface area (TPSA) is 51.2 Å². The molecule has 0 radical (unpaired) electrons. The van der Waals surface area contributed by atoms with Gasteiger partial charge in [0.05, 0.1) is 33.7 Å². The van der Waals surface area contributed by atoms with Gasteiger partial charge in [-0.15, -0.1) is 0 Å². The fraction of sp³-hybridized carbons (Fsp3) is 0.667. The SMILES string of the molecule is Cc1cc(C(C)N[S@](=O)C(C)(C)C)ncc1OCC(F)(F)C(F)F. The normalized spacial score (nSPS) is 15.4. The van der Waals surface area contributed by atoms with Crippen molar-refractivity contribution in [2.75, 3.05) is 6.61 Å². The van der Waals surface area contributed by atoms with E-state index >= 15 is 0 Å². The highest BCUT2D eigenvalue weighted by Gasteiger charge is 2.41. The van der Waals surface area contributed by atoms with E-state index in [1.165, 1.54) is 6.20 Å². The monoisotopic (exact) mass is 370 g/mol. The Bertz CT molecular complexity index is 591. The van der Waals surface area contributed by atoms with E-state index in [0.717, 1.165) is 0 Å². The Kier molecular flexibility index (Phi) is 6.75. The molecule has 1 rings (SSSR count). The van der Waals surface area contributed by atoms with Gasteiger partial charge in [-0.25, -0.2) is 17.7 Å². The van der Waals surface area contributed by atoms with Crippen LogP contribution in [0.15, 0.2) is 12.3 Å². The number of rotatable bonds is 7. The van der Waals surface area contributed by atoms with E-state index in [1.807, 2.05) is 20.8 Å². The predicted molar refractivity (Wildman–Crippen MR) is 84.9 cm³/mol. The van der Waals surface area contributed by atoms with Crippen LogP contribution in [0.3, 0.4) is 0 Å². The molecular formula is C15H22F4N2O2S. The van der Waals surface area contributed by atoms with Gasteiger partial charge in [0.1, 0.15) is 5.75 Å². The van der Waals surface area contributed by atoms with Crippen molar-refractivity contribution in [1.29, 1.82) is 0 Å². The van der Waals surface area contributed by atoms with Crippen molar-refractivity contribution in [2.24, 2.45) is 0 Å². The number of nitrogens with one attached hydrogen (secondary N) is 1. The highest BCUT2D eigenvalue weighted by Crippen LogP contribution is 2.26. The van der Waals surface area contributed by atoms with E-state index in [1.54, 1.807) is 19.9 Å². The van der Waals surface area contributed by atoms with E-state index in [-0.39, 0.29) is 11.8 Å². The van der Waals surface area contributed by atoms with Gasteiger partial charge >= 0.3 is 12.3 Å². The van der Waals surface area contributed by atoms with E-state index in [2.05, 4.69) is 9.71 Å². The van der Waals surface area contributed by atoms with Crippen LogP contribution in [0.5, 0.6) is 5.75 Å². The molecule has 0 aliphatic heterocycles. The summed E-state index contributed by atoms with van der Waals surface area (Å²) in [7, 11) is -1.30. The number of ether oxygens (including phenoxy) is 1. The van der Waals surface area contributed by atoms with Crippen molar-refractivity contribution in [3.8, 4) is 5.75 Å². The second-order valence-corrected chi connectivity index (χ2v) is 8.44. The molecule has 0 saturated carbocycles. The molecule has 2 atom stereocenters. The van der Waals surface area contributed by atoms with Crippen molar-refractivity contribution >= 4 is 11.0 Å². The summed E-state index contributed by atoms with van der Waals surface area (Å²) in [6, 6.07) is 1.23. The summed E-state index contributed by atoms with van der Waals surface area (Å²) >= 11 is 0. The number of alkyl halides is 4. The van der Waals surface area contributed by atoms with Crippen LogP contribution in [0.4, 0.5) is 17.6 Å². The van der Waals surface area contributed by atoms with Gasteiger partial charge in [0.25, 0.3) is 0 Å². The molecule has 138 valence electrons. The third-order valence-corrected chi connectivity index (χ3v) is 4.79. The van der Waals surface area contributed by atoms with Crippen LogP contribution in [0.25, 0.3) is 0 Å². The Morgan fingerprint density at radius 1 is 1.33 bits per heavy atom. The summed E-state index contributed by atoms with van der Waals surface area (Å²) in [4.78, 5) is 4.07. The van der Waals surface area contributed by atoms with Gasteiger partial charge < -0.3 is 4.74 Å². The Morgan fingerprint density at radius 2 is 1.92 bits per heavy atom. The summed E-state index contributed by atoms with van der Waals surface area (Å²) in [5, 5.41) is 0. The second kappa shape index (κ2) is 7.77. The Morgan fingerprint density at radius 3 is 2.38 bits per heavy atom. The van der Waals surface area contributed by atoms with Gasteiger partial charge in [-0.1, -0.05) is 0 Å². The molecule has 1 unspecified atom stereocenters. The maximum Gasteiger partial charge on any atom is 0.340 e. The van der Waals surface area contributed by atoms with Crippen LogP contribution >= 0.6 is 0 Å². The standard InChI is InChI=1S/C15H22F4N2O2S/c1-9-6-11(10(2)21-24(22)14(3,4)5)20-7-12(9)23-8-15(18,19)13(16)17/h6-7,10,13,21H,8H2,1-5H3/t10?,24-/m1/s1. The summed E-state index contributed by atoms with van der Waals surface area (Å²) in [6.45, 7) is 7.39. The Balaban J connectivity index is 2.79. The predicted octanol–water partition coefficient (Wildman–Crippen LogP) is 3.78. The highest BCUT2D eigenvalue weighted by atomic mass is 32.2. The number of halogens is 4. The number of pyridine rings is 1. The lowest BCUT2D eigenvalue weighted by molar-refractivity contribution is -0.148. The van der Waals surface area contributed by atoms with E-state index in [4.69, 9.17) is 4.74 Å². The smallest absolute Gasteiger partial charge is 0.340 e. The van der Waals surface area contributed by atoms with Gasteiger partial charge in [-0.3, -0.25) is 4.98 Å². The zero-order valence-electron chi connectivity index (χ0n) is 14.2. The minimum absolute atomic E-state index is 0.00298.